The number of hydrogen-bond donors (Lipinski definition) is 1. The molecule has 0 unspecified atom stereocenters. The van der Waals surface area contributed by atoms with Crippen LogP contribution >= 0.6 is 0 Å². The Bertz CT molecular complexity index is 1100. The Labute approximate surface area is 175 Å². The lowest BCUT2D eigenvalue weighted by Crippen LogP contribution is -2.29. The number of nitrogens with zero attached hydrogens (tertiary/aromatic N) is 2. The lowest BCUT2D eigenvalue weighted by molar-refractivity contribution is -0.121. The molecule has 1 saturated carbocycles. The molecule has 2 aromatic carbocycles. The van der Waals surface area contributed by atoms with Crippen molar-refractivity contribution in [3.63, 3.8) is 0 Å². The Hall–Kier alpha value is -3.26. The first-order valence-corrected chi connectivity index (χ1v) is 10.4. The molecule has 1 fully saturated rings. The Morgan fingerprint density at radius 2 is 1.87 bits per heavy atom. The number of anilines is 1. The van der Waals surface area contributed by atoms with Crippen LogP contribution in [0.1, 0.15) is 49.7 Å². The molecule has 5 heteroatoms. The third-order valence-electron chi connectivity index (χ3n) is 6.37. The normalized spacial score (nSPS) is 19.8. The first kappa shape index (κ1) is 20.0. The fraction of sp³-hybridized carbons (Fsp3) is 0.320. The number of nitrogens with one attached hydrogen (secondary N) is 1. The zero-order valence-corrected chi connectivity index (χ0v) is 16.9. The van der Waals surface area contributed by atoms with Gasteiger partial charge in [0.25, 0.3) is 0 Å². The molecular formula is C25H24FN3O. The predicted octanol–water partition coefficient (Wildman–Crippen LogP) is 5.79. The van der Waals surface area contributed by atoms with Crippen LogP contribution in [0.2, 0.25) is 0 Å². The second-order valence-electron chi connectivity index (χ2n) is 8.11. The summed E-state index contributed by atoms with van der Waals surface area (Å²) >= 11 is 0. The molecule has 1 amide bonds. The van der Waals surface area contributed by atoms with Gasteiger partial charge >= 0.3 is 0 Å². The van der Waals surface area contributed by atoms with Crippen molar-refractivity contribution in [2.45, 2.75) is 38.5 Å². The SMILES string of the molecule is C[C@@H](C(=O)Nc1ccc(C#N)cc1)[C@H]1CC[C@H](c2ccnc3c(F)cccc32)CC1. The maximum atomic E-state index is 14.1. The van der Waals surface area contributed by atoms with Crippen LogP contribution in [-0.4, -0.2) is 10.9 Å². The third-order valence-corrected chi connectivity index (χ3v) is 6.37. The van der Waals surface area contributed by atoms with Gasteiger partial charge in [0.2, 0.25) is 5.91 Å². The van der Waals surface area contributed by atoms with Gasteiger partial charge in [-0.05, 0) is 79.5 Å². The molecule has 3 aromatic rings. The van der Waals surface area contributed by atoms with Gasteiger partial charge in [0, 0.05) is 23.2 Å². The van der Waals surface area contributed by atoms with E-state index >= 15 is 0 Å². The van der Waals surface area contributed by atoms with Crippen LogP contribution < -0.4 is 5.32 Å². The molecule has 1 aliphatic rings. The maximum Gasteiger partial charge on any atom is 0.227 e. The largest absolute Gasteiger partial charge is 0.326 e. The molecular weight excluding hydrogens is 377 g/mol. The second-order valence-corrected chi connectivity index (χ2v) is 8.11. The monoisotopic (exact) mass is 401 g/mol. The van der Waals surface area contributed by atoms with Gasteiger partial charge in [0.1, 0.15) is 11.3 Å². The van der Waals surface area contributed by atoms with Crippen LogP contribution in [0, 0.1) is 29.0 Å². The summed E-state index contributed by atoms with van der Waals surface area (Å²) in [7, 11) is 0. The first-order valence-electron chi connectivity index (χ1n) is 10.4. The number of fused-ring (bicyclic) bond motifs is 1. The summed E-state index contributed by atoms with van der Waals surface area (Å²) in [6.07, 6.45) is 5.58. The highest BCUT2D eigenvalue weighted by Gasteiger charge is 2.30. The Kier molecular flexibility index (Phi) is 5.76. The van der Waals surface area contributed by atoms with Gasteiger partial charge in [-0.3, -0.25) is 9.78 Å². The standard InChI is InChI=1S/C25H24FN3O/c1-16(25(30)29-20-11-5-17(15-27)6-12-20)18-7-9-19(10-8-18)21-13-14-28-24-22(21)3-2-4-23(24)26/h2-6,11-14,16,18-19H,7-10H2,1H3,(H,29,30)/t16-,18-,19-/m1/s1. The van der Waals surface area contributed by atoms with Gasteiger partial charge < -0.3 is 5.32 Å². The first-order chi connectivity index (χ1) is 14.6. The second kappa shape index (κ2) is 8.62. The average Bonchev–Trinajstić information content (AvgIpc) is 2.79. The van der Waals surface area contributed by atoms with Gasteiger partial charge in [-0.25, -0.2) is 4.39 Å². The Morgan fingerprint density at radius 1 is 1.13 bits per heavy atom. The van der Waals surface area contributed by atoms with E-state index in [0.29, 0.717) is 28.6 Å². The molecule has 0 radical (unpaired) electrons. The molecule has 1 aromatic heterocycles. The number of halogens is 1. The van der Waals surface area contributed by atoms with Crippen LogP contribution in [0.4, 0.5) is 10.1 Å². The minimum absolute atomic E-state index is 0.0135. The number of amides is 1. The highest BCUT2D eigenvalue weighted by atomic mass is 19.1. The Balaban J connectivity index is 1.40. The van der Waals surface area contributed by atoms with Gasteiger partial charge in [-0.15, -0.1) is 0 Å². The van der Waals surface area contributed by atoms with E-state index < -0.39 is 0 Å². The van der Waals surface area contributed by atoms with Crippen molar-refractivity contribution >= 4 is 22.5 Å². The van der Waals surface area contributed by atoms with Crippen LogP contribution in [-0.2, 0) is 4.79 Å². The van der Waals surface area contributed by atoms with Crippen molar-refractivity contribution in [2.24, 2.45) is 11.8 Å². The number of aromatic nitrogens is 1. The maximum absolute atomic E-state index is 14.1. The van der Waals surface area contributed by atoms with Crippen molar-refractivity contribution < 1.29 is 9.18 Å². The van der Waals surface area contributed by atoms with Gasteiger partial charge in [-0.2, -0.15) is 5.26 Å². The summed E-state index contributed by atoms with van der Waals surface area (Å²) in [6.45, 7) is 1.99. The highest BCUT2D eigenvalue weighted by molar-refractivity contribution is 5.92. The van der Waals surface area contributed by atoms with Gasteiger partial charge in [0.15, 0.2) is 0 Å². The summed E-state index contributed by atoms with van der Waals surface area (Å²) in [5, 5.41) is 12.7. The van der Waals surface area contributed by atoms with E-state index in [1.165, 1.54) is 6.07 Å². The number of carbonyl (C=O) groups excluding carboxylic acids is 1. The molecule has 1 heterocycles. The van der Waals surface area contributed by atoms with E-state index in [4.69, 9.17) is 5.26 Å². The summed E-state index contributed by atoms with van der Waals surface area (Å²) in [5.74, 6) is 0.329. The van der Waals surface area contributed by atoms with Crippen molar-refractivity contribution in [1.29, 1.82) is 5.26 Å². The average molecular weight is 401 g/mol. The topological polar surface area (TPSA) is 65.8 Å². The summed E-state index contributed by atoms with van der Waals surface area (Å²) < 4.78 is 14.1. The summed E-state index contributed by atoms with van der Waals surface area (Å²) in [5.41, 5.74) is 2.88. The predicted molar refractivity (Wildman–Crippen MR) is 115 cm³/mol. The lowest BCUT2D eigenvalue weighted by Gasteiger charge is -2.32. The number of rotatable bonds is 4. The van der Waals surface area contributed by atoms with E-state index in [1.807, 2.05) is 19.1 Å². The smallest absolute Gasteiger partial charge is 0.227 e. The summed E-state index contributed by atoms with van der Waals surface area (Å²) in [4.78, 5) is 16.9. The molecule has 0 spiro atoms. The Morgan fingerprint density at radius 3 is 2.57 bits per heavy atom. The van der Waals surface area contributed by atoms with Crippen LogP contribution in [0.5, 0.6) is 0 Å². The molecule has 0 bridgehead atoms. The van der Waals surface area contributed by atoms with E-state index in [9.17, 15) is 9.18 Å². The minimum atomic E-state index is -0.281. The summed E-state index contributed by atoms with van der Waals surface area (Å²) in [6, 6.07) is 16.1. The van der Waals surface area contributed by atoms with Crippen LogP contribution in [0.25, 0.3) is 10.9 Å². The van der Waals surface area contributed by atoms with Crippen LogP contribution in [0.3, 0.4) is 0 Å². The third kappa shape index (κ3) is 4.04. The van der Waals surface area contributed by atoms with E-state index in [1.54, 1.807) is 36.5 Å². The molecule has 4 nitrogen and oxygen atoms in total. The number of pyridine rings is 1. The van der Waals surface area contributed by atoms with Crippen molar-refractivity contribution in [3.8, 4) is 6.07 Å². The fourth-order valence-corrected chi connectivity index (χ4v) is 4.55. The van der Waals surface area contributed by atoms with E-state index in [0.717, 1.165) is 36.6 Å². The molecule has 1 N–H and O–H groups in total. The number of nitriles is 1. The number of carbonyl (C=O) groups is 1. The number of benzene rings is 2. The zero-order chi connectivity index (χ0) is 21.1. The molecule has 0 saturated heterocycles. The highest BCUT2D eigenvalue weighted by Crippen LogP contribution is 2.41. The molecule has 1 aliphatic carbocycles. The van der Waals surface area contributed by atoms with E-state index in [-0.39, 0.29) is 17.6 Å². The van der Waals surface area contributed by atoms with Gasteiger partial charge in [-0.1, -0.05) is 19.1 Å². The number of para-hydroxylation sites is 1. The zero-order valence-electron chi connectivity index (χ0n) is 16.9. The molecule has 1 atom stereocenters. The van der Waals surface area contributed by atoms with Crippen molar-refractivity contribution in [2.75, 3.05) is 5.32 Å². The molecule has 152 valence electrons. The van der Waals surface area contributed by atoms with Gasteiger partial charge in [0.05, 0.1) is 11.6 Å². The molecule has 30 heavy (non-hydrogen) atoms. The minimum Gasteiger partial charge on any atom is -0.326 e. The number of hydrogen-bond acceptors (Lipinski definition) is 3. The van der Waals surface area contributed by atoms with Crippen LogP contribution in [0.15, 0.2) is 54.7 Å². The van der Waals surface area contributed by atoms with E-state index in [2.05, 4.69) is 16.4 Å². The lowest BCUT2D eigenvalue weighted by atomic mass is 9.73. The molecule has 0 aliphatic heterocycles. The van der Waals surface area contributed by atoms with Crippen molar-refractivity contribution in [3.05, 3.63) is 71.7 Å². The molecule has 4 rings (SSSR count). The quantitative estimate of drug-likeness (QED) is 0.601. The fourth-order valence-electron chi connectivity index (χ4n) is 4.55. The van der Waals surface area contributed by atoms with Crippen molar-refractivity contribution in [1.82, 2.24) is 4.98 Å².